The summed E-state index contributed by atoms with van der Waals surface area (Å²) in [5.41, 5.74) is 1.45. The van der Waals surface area contributed by atoms with Crippen molar-refractivity contribution in [3.8, 4) is 0 Å². The molecule has 1 heterocycles. The standard InChI is InChI=1S/C16H18N2O3/c1-18-7-6-11-4-5-12(9-14(11)18)15(19)17-13(16(20)21)8-10-2-3-10/h4-7,9-10,13H,2-3,8H2,1H3,(H,17,19)(H,20,21). The Labute approximate surface area is 122 Å². The molecule has 1 amide bonds. The van der Waals surface area contributed by atoms with Crippen molar-refractivity contribution in [3.63, 3.8) is 0 Å². The van der Waals surface area contributed by atoms with Crippen molar-refractivity contribution in [2.24, 2.45) is 13.0 Å². The van der Waals surface area contributed by atoms with Crippen molar-refractivity contribution in [2.75, 3.05) is 0 Å². The summed E-state index contributed by atoms with van der Waals surface area (Å²) >= 11 is 0. The number of carbonyl (C=O) groups is 2. The fourth-order valence-electron chi connectivity index (χ4n) is 2.55. The molecule has 1 aliphatic carbocycles. The molecule has 3 rings (SSSR count). The highest BCUT2D eigenvalue weighted by molar-refractivity contribution is 5.99. The molecule has 1 fully saturated rings. The van der Waals surface area contributed by atoms with E-state index in [2.05, 4.69) is 5.32 Å². The Bertz CT molecular complexity index is 701. The molecule has 110 valence electrons. The third-order valence-electron chi connectivity index (χ3n) is 4.02. The number of aromatic nitrogens is 1. The minimum absolute atomic E-state index is 0.328. The number of aryl methyl sites for hydroxylation is 1. The third kappa shape index (κ3) is 2.91. The molecule has 5 nitrogen and oxygen atoms in total. The van der Waals surface area contributed by atoms with Crippen molar-refractivity contribution >= 4 is 22.8 Å². The fraction of sp³-hybridized carbons (Fsp3) is 0.375. The van der Waals surface area contributed by atoms with E-state index in [1.54, 1.807) is 12.1 Å². The summed E-state index contributed by atoms with van der Waals surface area (Å²) in [5.74, 6) is -0.844. The second-order valence-corrected chi connectivity index (χ2v) is 5.74. The Morgan fingerprint density at radius 1 is 1.38 bits per heavy atom. The fourth-order valence-corrected chi connectivity index (χ4v) is 2.55. The molecule has 0 radical (unpaired) electrons. The van der Waals surface area contributed by atoms with Gasteiger partial charge in [0, 0.05) is 24.3 Å². The first-order valence-corrected chi connectivity index (χ1v) is 7.13. The van der Waals surface area contributed by atoms with E-state index in [9.17, 15) is 14.7 Å². The van der Waals surface area contributed by atoms with Crippen LogP contribution in [0, 0.1) is 5.92 Å². The number of hydrogen-bond donors (Lipinski definition) is 2. The first-order valence-electron chi connectivity index (χ1n) is 7.13. The first-order chi connectivity index (χ1) is 10.0. The van der Waals surface area contributed by atoms with Gasteiger partial charge in [-0.05, 0) is 35.9 Å². The monoisotopic (exact) mass is 286 g/mol. The van der Waals surface area contributed by atoms with E-state index in [4.69, 9.17) is 0 Å². The van der Waals surface area contributed by atoms with E-state index < -0.39 is 12.0 Å². The van der Waals surface area contributed by atoms with Gasteiger partial charge in [-0.15, -0.1) is 0 Å². The summed E-state index contributed by atoms with van der Waals surface area (Å²) < 4.78 is 1.94. The maximum Gasteiger partial charge on any atom is 0.326 e. The number of hydrogen-bond acceptors (Lipinski definition) is 2. The van der Waals surface area contributed by atoms with Gasteiger partial charge in [0.1, 0.15) is 6.04 Å². The average molecular weight is 286 g/mol. The summed E-state index contributed by atoms with van der Waals surface area (Å²) in [6, 6.07) is 6.58. The number of benzene rings is 1. The summed E-state index contributed by atoms with van der Waals surface area (Å²) in [6.45, 7) is 0. The molecule has 21 heavy (non-hydrogen) atoms. The molecule has 0 aliphatic heterocycles. The molecule has 1 saturated carbocycles. The highest BCUT2D eigenvalue weighted by Gasteiger charge is 2.30. The maximum absolute atomic E-state index is 12.3. The second-order valence-electron chi connectivity index (χ2n) is 5.74. The molecular weight excluding hydrogens is 268 g/mol. The van der Waals surface area contributed by atoms with E-state index in [0.717, 1.165) is 23.7 Å². The number of aliphatic carboxylic acids is 1. The van der Waals surface area contributed by atoms with Crippen molar-refractivity contribution in [1.82, 2.24) is 9.88 Å². The molecule has 5 heteroatoms. The predicted octanol–water partition coefficient (Wildman–Crippen LogP) is 2.16. The largest absolute Gasteiger partial charge is 0.480 e. The zero-order valence-corrected chi connectivity index (χ0v) is 11.9. The summed E-state index contributed by atoms with van der Waals surface area (Å²) in [6.07, 6.45) is 4.58. The van der Waals surface area contributed by atoms with Gasteiger partial charge in [0.15, 0.2) is 0 Å². The third-order valence-corrected chi connectivity index (χ3v) is 4.02. The van der Waals surface area contributed by atoms with E-state index in [1.165, 1.54) is 0 Å². The molecule has 0 bridgehead atoms. The van der Waals surface area contributed by atoms with Crippen LogP contribution in [0.25, 0.3) is 10.9 Å². The van der Waals surface area contributed by atoms with Gasteiger partial charge in [0.05, 0.1) is 0 Å². The van der Waals surface area contributed by atoms with Crippen LogP contribution in [0.4, 0.5) is 0 Å². The molecule has 1 aromatic carbocycles. The number of carbonyl (C=O) groups excluding carboxylic acids is 1. The van der Waals surface area contributed by atoms with Crippen LogP contribution >= 0.6 is 0 Å². The summed E-state index contributed by atoms with van der Waals surface area (Å²) in [5, 5.41) is 12.9. The van der Waals surface area contributed by atoms with Crippen molar-refractivity contribution in [3.05, 3.63) is 36.0 Å². The number of carboxylic acid groups (broad SMARTS) is 1. The minimum Gasteiger partial charge on any atom is -0.480 e. The average Bonchev–Trinajstić information content (AvgIpc) is 3.20. The Balaban J connectivity index is 1.78. The molecule has 1 aromatic heterocycles. The number of carboxylic acids is 1. The van der Waals surface area contributed by atoms with Gasteiger partial charge in [0.25, 0.3) is 5.91 Å². The molecule has 1 aliphatic rings. The number of rotatable bonds is 5. The zero-order valence-electron chi connectivity index (χ0n) is 11.9. The smallest absolute Gasteiger partial charge is 0.326 e. The van der Waals surface area contributed by atoms with Gasteiger partial charge in [0.2, 0.25) is 0 Å². The van der Waals surface area contributed by atoms with E-state index in [0.29, 0.717) is 17.9 Å². The Hall–Kier alpha value is -2.30. The lowest BCUT2D eigenvalue weighted by atomic mass is 10.1. The molecular formula is C16H18N2O3. The van der Waals surface area contributed by atoms with E-state index in [-0.39, 0.29) is 5.91 Å². The van der Waals surface area contributed by atoms with Crippen LogP contribution in [0.1, 0.15) is 29.6 Å². The van der Waals surface area contributed by atoms with E-state index >= 15 is 0 Å². The van der Waals surface area contributed by atoms with Crippen LogP contribution < -0.4 is 5.32 Å². The normalized spacial score (nSPS) is 15.9. The molecule has 2 aromatic rings. The van der Waals surface area contributed by atoms with Crippen LogP contribution in [0.5, 0.6) is 0 Å². The van der Waals surface area contributed by atoms with Crippen LogP contribution in [-0.2, 0) is 11.8 Å². The van der Waals surface area contributed by atoms with E-state index in [1.807, 2.05) is 29.9 Å². The molecule has 0 spiro atoms. The van der Waals surface area contributed by atoms with Gasteiger partial charge >= 0.3 is 5.97 Å². The lowest BCUT2D eigenvalue weighted by Crippen LogP contribution is -2.41. The quantitative estimate of drug-likeness (QED) is 0.884. The topological polar surface area (TPSA) is 71.3 Å². The molecule has 1 unspecified atom stereocenters. The van der Waals surface area contributed by atoms with Crippen molar-refractivity contribution in [1.29, 1.82) is 0 Å². The molecule has 1 atom stereocenters. The van der Waals surface area contributed by atoms with Crippen LogP contribution in [0.2, 0.25) is 0 Å². The Morgan fingerprint density at radius 2 is 2.14 bits per heavy atom. The first kappa shape index (κ1) is 13.7. The Morgan fingerprint density at radius 3 is 2.81 bits per heavy atom. The lowest BCUT2D eigenvalue weighted by molar-refractivity contribution is -0.139. The van der Waals surface area contributed by atoms with Gasteiger partial charge in [-0.25, -0.2) is 4.79 Å². The SMILES string of the molecule is Cn1ccc2ccc(C(=O)NC(CC3CC3)C(=O)O)cc21. The van der Waals surface area contributed by atoms with Crippen LogP contribution in [0.3, 0.4) is 0 Å². The highest BCUT2D eigenvalue weighted by atomic mass is 16.4. The van der Waals surface area contributed by atoms with Crippen molar-refractivity contribution in [2.45, 2.75) is 25.3 Å². The summed E-state index contributed by atoms with van der Waals surface area (Å²) in [4.78, 5) is 23.5. The van der Waals surface area contributed by atoms with Crippen LogP contribution in [0.15, 0.2) is 30.5 Å². The Kier molecular flexibility index (Phi) is 3.41. The number of nitrogens with one attached hydrogen (secondary N) is 1. The molecule has 2 N–H and O–H groups in total. The van der Waals surface area contributed by atoms with Gasteiger partial charge < -0.3 is 15.0 Å². The van der Waals surface area contributed by atoms with Gasteiger partial charge in [-0.3, -0.25) is 4.79 Å². The maximum atomic E-state index is 12.3. The molecule has 0 saturated heterocycles. The van der Waals surface area contributed by atoms with Crippen molar-refractivity contribution < 1.29 is 14.7 Å². The zero-order chi connectivity index (χ0) is 15.0. The number of amides is 1. The van der Waals surface area contributed by atoms with Crippen LogP contribution in [-0.4, -0.2) is 27.6 Å². The minimum atomic E-state index is -0.963. The predicted molar refractivity (Wildman–Crippen MR) is 79.2 cm³/mol. The highest BCUT2D eigenvalue weighted by Crippen LogP contribution is 2.33. The second kappa shape index (κ2) is 5.24. The lowest BCUT2D eigenvalue weighted by Gasteiger charge is -2.14. The van der Waals surface area contributed by atoms with Gasteiger partial charge in [-0.2, -0.15) is 0 Å². The number of nitrogens with zero attached hydrogens (tertiary/aromatic N) is 1. The number of fused-ring (bicyclic) bond motifs is 1. The van der Waals surface area contributed by atoms with Gasteiger partial charge in [-0.1, -0.05) is 18.9 Å². The summed E-state index contributed by atoms with van der Waals surface area (Å²) in [7, 11) is 1.91.